The van der Waals surface area contributed by atoms with Crippen LogP contribution in [0.3, 0.4) is 0 Å². The lowest BCUT2D eigenvalue weighted by Gasteiger charge is -2.37. The number of sulfonamides is 1. The van der Waals surface area contributed by atoms with Crippen LogP contribution in [0.2, 0.25) is 5.02 Å². The van der Waals surface area contributed by atoms with Crippen LogP contribution in [0.5, 0.6) is 0 Å². The Hall–Kier alpha value is -0.690. The van der Waals surface area contributed by atoms with E-state index in [1.54, 1.807) is 12.1 Å². The van der Waals surface area contributed by atoms with Gasteiger partial charge in [-0.25, -0.2) is 17.1 Å². The van der Waals surface area contributed by atoms with Gasteiger partial charge < -0.3 is 5.32 Å². The highest BCUT2D eigenvalue weighted by Crippen LogP contribution is 2.24. The van der Waals surface area contributed by atoms with Crippen molar-refractivity contribution in [3.8, 4) is 0 Å². The molecule has 7 heteroatoms. The maximum absolute atomic E-state index is 13.2. The van der Waals surface area contributed by atoms with Crippen molar-refractivity contribution in [2.75, 3.05) is 19.3 Å². The molecule has 0 aromatic heterocycles. The van der Waals surface area contributed by atoms with Crippen LogP contribution in [-0.4, -0.2) is 38.1 Å². The highest BCUT2D eigenvalue weighted by Gasteiger charge is 2.31. The zero-order valence-corrected chi connectivity index (χ0v) is 14.6. The fourth-order valence-electron chi connectivity index (χ4n) is 2.86. The van der Waals surface area contributed by atoms with Crippen molar-refractivity contribution in [1.29, 1.82) is 0 Å². The molecule has 124 valence electrons. The van der Waals surface area contributed by atoms with Gasteiger partial charge in [-0.1, -0.05) is 24.6 Å². The third kappa shape index (κ3) is 4.19. The van der Waals surface area contributed by atoms with Crippen LogP contribution in [0.1, 0.15) is 31.9 Å². The first kappa shape index (κ1) is 17.7. The summed E-state index contributed by atoms with van der Waals surface area (Å²) in [6, 6.07) is 4.96. The molecule has 2 rings (SSSR count). The van der Waals surface area contributed by atoms with E-state index in [2.05, 4.69) is 5.32 Å². The summed E-state index contributed by atoms with van der Waals surface area (Å²) in [7, 11) is -3.13. The number of hydrogen-bond donors (Lipinski definition) is 1. The van der Waals surface area contributed by atoms with Crippen LogP contribution >= 0.6 is 11.6 Å². The molecule has 1 saturated heterocycles. The van der Waals surface area contributed by atoms with E-state index in [1.165, 1.54) is 16.6 Å². The van der Waals surface area contributed by atoms with Crippen molar-refractivity contribution in [1.82, 2.24) is 9.62 Å². The average Bonchev–Trinajstić information content (AvgIpc) is 2.42. The molecule has 1 heterocycles. The first-order valence-corrected chi connectivity index (χ1v) is 9.57. The molecular formula is C15H22ClFN2O2S. The van der Waals surface area contributed by atoms with Gasteiger partial charge in [0.05, 0.1) is 11.3 Å². The van der Waals surface area contributed by atoms with E-state index < -0.39 is 15.8 Å². The second-order valence-corrected chi connectivity index (χ2v) is 8.44. The Labute approximate surface area is 136 Å². The average molecular weight is 349 g/mol. The molecule has 0 radical (unpaired) electrons. The molecule has 0 saturated carbocycles. The maximum Gasteiger partial charge on any atom is 0.211 e. The summed E-state index contributed by atoms with van der Waals surface area (Å²) in [4.78, 5) is 0. The van der Waals surface area contributed by atoms with E-state index in [0.29, 0.717) is 13.1 Å². The van der Waals surface area contributed by atoms with Crippen molar-refractivity contribution in [2.45, 2.75) is 32.4 Å². The molecule has 1 fully saturated rings. The molecule has 3 atom stereocenters. The van der Waals surface area contributed by atoms with E-state index in [9.17, 15) is 12.8 Å². The second kappa shape index (κ2) is 6.83. The first-order chi connectivity index (χ1) is 10.2. The van der Waals surface area contributed by atoms with E-state index in [4.69, 9.17) is 11.6 Å². The Kier molecular flexibility index (Phi) is 5.48. The molecule has 1 N–H and O–H groups in total. The van der Waals surface area contributed by atoms with Crippen molar-refractivity contribution in [3.05, 3.63) is 34.6 Å². The molecular weight excluding hydrogens is 327 g/mol. The van der Waals surface area contributed by atoms with E-state index in [1.807, 2.05) is 13.8 Å². The monoisotopic (exact) mass is 348 g/mol. The Balaban J connectivity index is 2.00. The number of nitrogens with zero attached hydrogens (tertiary/aromatic N) is 1. The molecule has 4 nitrogen and oxygen atoms in total. The second-order valence-electron chi connectivity index (χ2n) is 6.06. The molecule has 1 aromatic carbocycles. The minimum absolute atomic E-state index is 0.0235. The SMILES string of the molecule is CC(NC1CCN(S(C)(=O)=O)CC1C)c1ccc(F)c(Cl)c1. The lowest BCUT2D eigenvalue weighted by atomic mass is 9.93. The van der Waals surface area contributed by atoms with Crippen LogP contribution in [0.4, 0.5) is 4.39 Å². The Morgan fingerprint density at radius 3 is 2.68 bits per heavy atom. The fourth-order valence-corrected chi connectivity index (χ4v) is 3.99. The highest BCUT2D eigenvalue weighted by molar-refractivity contribution is 7.88. The lowest BCUT2D eigenvalue weighted by Crippen LogP contribution is -2.50. The minimum atomic E-state index is -3.13. The Morgan fingerprint density at radius 1 is 1.45 bits per heavy atom. The van der Waals surface area contributed by atoms with Gasteiger partial charge in [0, 0.05) is 25.2 Å². The smallest absolute Gasteiger partial charge is 0.211 e. The van der Waals surface area contributed by atoms with E-state index >= 15 is 0 Å². The van der Waals surface area contributed by atoms with Crippen LogP contribution < -0.4 is 5.32 Å². The van der Waals surface area contributed by atoms with Crippen molar-refractivity contribution in [3.63, 3.8) is 0 Å². The first-order valence-electron chi connectivity index (χ1n) is 7.34. The van der Waals surface area contributed by atoms with Crippen LogP contribution in [0.25, 0.3) is 0 Å². The normalized spacial score (nSPS) is 25.1. The van der Waals surface area contributed by atoms with Crippen LogP contribution in [0, 0.1) is 11.7 Å². The predicted molar refractivity (Wildman–Crippen MR) is 86.9 cm³/mol. The van der Waals surface area contributed by atoms with Crippen LogP contribution in [-0.2, 0) is 10.0 Å². The molecule has 3 unspecified atom stereocenters. The highest BCUT2D eigenvalue weighted by atomic mass is 35.5. The number of rotatable bonds is 4. The van der Waals surface area contributed by atoms with Gasteiger partial charge in [-0.15, -0.1) is 0 Å². The number of halogens is 2. The molecule has 1 aromatic rings. The predicted octanol–water partition coefficient (Wildman–Crippen LogP) is 2.80. The van der Waals surface area contributed by atoms with Crippen molar-refractivity contribution >= 4 is 21.6 Å². The fraction of sp³-hybridized carbons (Fsp3) is 0.600. The summed E-state index contributed by atoms with van der Waals surface area (Å²) in [5, 5.41) is 3.62. The van der Waals surface area contributed by atoms with Gasteiger partial charge in [-0.2, -0.15) is 0 Å². The van der Waals surface area contributed by atoms with Gasteiger partial charge >= 0.3 is 0 Å². The van der Waals surface area contributed by atoms with Gasteiger partial charge in [0.25, 0.3) is 0 Å². The van der Waals surface area contributed by atoms with Crippen LogP contribution in [0.15, 0.2) is 18.2 Å². The standard InChI is InChI=1S/C15H22ClFN2O2S/c1-10-9-19(22(3,20)21)7-6-15(10)18-11(2)12-4-5-14(17)13(16)8-12/h4-5,8,10-11,15,18H,6-7,9H2,1-3H3. The topological polar surface area (TPSA) is 49.4 Å². The van der Waals surface area contributed by atoms with Gasteiger partial charge in [0.15, 0.2) is 0 Å². The third-order valence-corrected chi connectivity index (χ3v) is 5.80. The largest absolute Gasteiger partial charge is 0.307 e. The molecule has 1 aliphatic rings. The number of hydrogen-bond acceptors (Lipinski definition) is 3. The van der Waals surface area contributed by atoms with Gasteiger partial charge in [-0.3, -0.25) is 0 Å². The molecule has 22 heavy (non-hydrogen) atoms. The molecule has 1 aliphatic heterocycles. The summed E-state index contributed by atoms with van der Waals surface area (Å²) in [6.45, 7) is 5.09. The molecule has 0 spiro atoms. The zero-order valence-electron chi connectivity index (χ0n) is 13.0. The Morgan fingerprint density at radius 2 is 2.14 bits per heavy atom. The van der Waals surface area contributed by atoms with Crippen molar-refractivity contribution < 1.29 is 12.8 Å². The summed E-state index contributed by atoms with van der Waals surface area (Å²) in [5.74, 6) is -0.214. The Bertz CT molecular complexity index is 638. The number of nitrogens with one attached hydrogen (secondary N) is 1. The molecule has 0 aliphatic carbocycles. The quantitative estimate of drug-likeness (QED) is 0.910. The van der Waals surface area contributed by atoms with Gasteiger partial charge in [-0.05, 0) is 37.0 Å². The summed E-state index contributed by atoms with van der Waals surface area (Å²) >= 11 is 5.82. The lowest BCUT2D eigenvalue weighted by molar-refractivity contribution is 0.210. The van der Waals surface area contributed by atoms with Crippen molar-refractivity contribution in [2.24, 2.45) is 5.92 Å². The van der Waals surface area contributed by atoms with E-state index in [0.717, 1.165) is 12.0 Å². The molecule has 0 bridgehead atoms. The van der Waals surface area contributed by atoms with Gasteiger partial charge in [0.1, 0.15) is 5.82 Å². The summed E-state index contributed by atoms with van der Waals surface area (Å²) in [5.41, 5.74) is 0.921. The van der Waals surface area contributed by atoms with Gasteiger partial charge in [0.2, 0.25) is 10.0 Å². The number of piperidine rings is 1. The minimum Gasteiger partial charge on any atom is -0.307 e. The number of benzene rings is 1. The summed E-state index contributed by atoms with van der Waals surface area (Å²) < 4.78 is 38.0. The maximum atomic E-state index is 13.2. The zero-order chi connectivity index (χ0) is 16.5. The summed E-state index contributed by atoms with van der Waals surface area (Å²) in [6.07, 6.45) is 2.00. The third-order valence-electron chi connectivity index (χ3n) is 4.24. The van der Waals surface area contributed by atoms with E-state index in [-0.39, 0.29) is 23.0 Å². The molecule has 0 amide bonds.